The van der Waals surface area contributed by atoms with Gasteiger partial charge >= 0.3 is 0 Å². The second-order valence-electron chi connectivity index (χ2n) is 4.65. The Bertz CT molecular complexity index is 766. The van der Waals surface area contributed by atoms with E-state index in [0.717, 1.165) is 16.5 Å². The van der Waals surface area contributed by atoms with Gasteiger partial charge in [0.25, 0.3) is 0 Å². The normalized spacial score (nSPS) is 10.9. The number of hydrogen-bond acceptors (Lipinski definition) is 1. The predicted molar refractivity (Wildman–Crippen MR) is 78.7 cm³/mol. The van der Waals surface area contributed by atoms with Gasteiger partial charge in [0.1, 0.15) is 18.2 Å². The molecule has 0 aliphatic heterocycles. The van der Waals surface area contributed by atoms with Gasteiger partial charge in [-0.15, -0.1) is 0 Å². The highest BCUT2D eigenvalue weighted by molar-refractivity contribution is 6.32. The Morgan fingerprint density at radius 2 is 2.00 bits per heavy atom. The largest absolute Gasteiger partial charge is 0.487 e. The Balaban J connectivity index is 1.92. The molecular weight excluding hydrogens is 277 g/mol. The van der Waals surface area contributed by atoms with Gasteiger partial charge in [0.15, 0.2) is 0 Å². The third kappa shape index (κ3) is 2.37. The van der Waals surface area contributed by atoms with Gasteiger partial charge in [0.05, 0.1) is 5.02 Å². The molecule has 0 aliphatic carbocycles. The Morgan fingerprint density at radius 3 is 2.80 bits per heavy atom. The molecule has 3 aromatic rings. The van der Waals surface area contributed by atoms with Gasteiger partial charge in [-0.1, -0.05) is 23.7 Å². The fraction of sp³-hybridized carbons (Fsp3) is 0.125. The smallest absolute Gasteiger partial charge is 0.138 e. The number of aryl methyl sites for hydroxylation is 1. The van der Waals surface area contributed by atoms with Gasteiger partial charge in [0, 0.05) is 29.7 Å². The van der Waals surface area contributed by atoms with Crippen molar-refractivity contribution in [3.63, 3.8) is 0 Å². The zero-order valence-corrected chi connectivity index (χ0v) is 11.7. The van der Waals surface area contributed by atoms with Crippen LogP contribution in [0.15, 0.2) is 48.7 Å². The first-order valence-corrected chi connectivity index (χ1v) is 6.64. The van der Waals surface area contributed by atoms with E-state index in [2.05, 4.69) is 0 Å². The third-order valence-electron chi connectivity index (χ3n) is 3.25. The second kappa shape index (κ2) is 5.17. The Kier molecular flexibility index (Phi) is 3.36. The molecule has 4 heteroatoms. The van der Waals surface area contributed by atoms with Gasteiger partial charge < -0.3 is 9.30 Å². The maximum atomic E-state index is 13.4. The van der Waals surface area contributed by atoms with Gasteiger partial charge in [-0.3, -0.25) is 0 Å². The molecule has 0 N–H and O–H groups in total. The van der Waals surface area contributed by atoms with Crippen LogP contribution in [0.1, 0.15) is 5.56 Å². The second-order valence-corrected chi connectivity index (χ2v) is 5.05. The van der Waals surface area contributed by atoms with E-state index in [0.29, 0.717) is 17.4 Å². The lowest BCUT2D eigenvalue weighted by Crippen LogP contribution is -1.95. The Morgan fingerprint density at radius 1 is 1.20 bits per heavy atom. The van der Waals surface area contributed by atoms with Gasteiger partial charge in [0.2, 0.25) is 0 Å². The summed E-state index contributed by atoms with van der Waals surface area (Å²) in [7, 11) is 1.93. The van der Waals surface area contributed by atoms with Crippen LogP contribution in [-0.2, 0) is 13.7 Å². The van der Waals surface area contributed by atoms with E-state index in [9.17, 15) is 4.39 Å². The van der Waals surface area contributed by atoms with E-state index in [1.54, 1.807) is 12.1 Å². The van der Waals surface area contributed by atoms with E-state index in [-0.39, 0.29) is 5.82 Å². The molecule has 0 spiro atoms. The number of nitrogens with zero attached hydrogens (tertiary/aromatic N) is 1. The lowest BCUT2D eigenvalue weighted by Gasteiger charge is -2.06. The summed E-state index contributed by atoms with van der Waals surface area (Å²) >= 11 is 6.05. The van der Waals surface area contributed by atoms with E-state index < -0.39 is 0 Å². The van der Waals surface area contributed by atoms with Crippen molar-refractivity contribution in [1.82, 2.24) is 4.57 Å². The molecule has 20 heavy (non-hydrogen) atoms. The summed E-state index contributed by atoms with van der Waals surface area (Å²) < 4.78 is 21.1. The molecule has 0 saturated heterocycles. The molecular formula is C16H13ClFNO. The maximum Gasteiger partial charge on any atom is 0.138 e. The van der Waals surface area contributed by atoms with Crippen LogP contribution < -0.4 is 4.74 Å². The van der Waals surface area contributed by atoms with Gasteiger partial charge in [-0.25, -0.2) is 4.39 Å². The van der Waals surface area contributed by atoms with E-state index in [4.69, 9.17) is 16.3 Å². The minimum Gasteiger partial charge on any atom is -0.487 e. The first-order chi connectivity index (χ1) is 9.65. The lowest BCUT2D eigenvalue weighted by molar-refractivity contribution is 0.307. The minimum atomic E-state index is -0.248. The molecule has 2 nitrogen and oxygen atoms in total. The molecule has 0 atom stereocenters. The number of hydrogen-bond donors (Lipinski definition) is 0. The Hall–Kier alpha value is -2.00. The summed E-state index contributed by atoms with van der Waals surface area (Å²) in [6, 6.07) is 12.1. The van der Waals surface area contributed by atoms with Gasteiger partial charge in [-0.2, -0.15) is 0 Å². The van der Waals surface area contributed by atoms with Crippen LogP contribution in [0.4, 0.5) is 4.39 Å². The highest BCUT2D eigenvalue weighted by atomic mass is 35.5. The van der Waals surface area contributed by atoms with Crippen molar-refractivity contribution in [2.24, 2.45) is 7.05 Å². The van der Waals surface area contributed by atoms with Gasteiger partial charge in [-0.05, 0) is 30.3 Å². The number of ether oxygens (including phenoxy) is 1. The van der Waals surface area contributed by atoms with Crippen LogP contribution in [0.3, 0.4) is 0 Å². The summed E-state index contributed by atoms with van der Waals surface area (Å²) in [5, 5.41) is 1.43. The number of fused-ring (bicyclic) bond motifs is 1. The first kappa shape index (κ1) is 13.0. The molecule has 0 bridgehead atoms. The molecule has 1 heterocycles. The summed E-state index contributed by atoms with van der Waals surface area (Å²) in [4.78, 5) is 0. The topological polar surface area (TPSA) is 14.2 Å². The maximum absolute atomic E-state index is 13.4. The third-order valence-corrected chi connectivity index (χ3v) is 3.57. The van der Waals surface area contributed by atoms with Crippen LogP contribution in [0, 0.1) is 5.82 Å². The fourth-order valence-electron chi connectivity index (χ4n) is 2.28. The van der Waals surface area contributed by atoms with E-state index in [1.165, 1.54) is 12.1 Å². The highest BCUT2D eigenvalue weighted by Crippen LogP contribution is 2.27. The molecule has 0 radical (unpaired) electrons. The van der Waals surface area contributed by atoms with E-state index >= 15 is 0 Å². The zero-order valence-electron chi connectivity index (χ0n) is 10.9. The summed E-state index contributed by atoms with van der Waals surface area (Å²) in [5.41, 5.74) is 1.91. The zero-order chi connectivity index (χ0) is 14.1. The molecule has 1 aromatic heterocycles. The van der Waals surface area contributed by atoms with Crippen LogP contribution in [-0.4, -0.2) is 4.57 Å². The molecule has 0 saturated carbocycles. The number of aromatic nitrogens is 1. The Labute approximate surface area is 121 Å². The molecule has 2 aromatic carbocycles. The van der Waals surface area contributed by atoms with Crippen LogP contribution in [0.25, 0.3) is 10.9 Å². The van der Waals surface area contributed by atoms with Crippen molar-refractivity contribution in [3.05, 3.63) is 65.1 Å². The lowest BCUT2D eigenvalue weighted by atomic mass is 10.2. The first-order valence-electron chi connectivity index (χ1n) is 6.26. The quantitative estimate of drug-likeness (QED) is 0.690. The standard InChI is InChI=1S/C16H13ClFNO/c1-19-9-11(13-8-12(18)6-7-15(13)19)10-20-16-5-3-2-4-14(16)17/h2-9H,10H2,1H3. The number of benzene rings is 2. The minimum absolute atomic E-state index is 0.248. The summed E-state index contributed by atoms with van der Waals surface area (Å²) in [6.45, 7) is 0.352. The number of para-hydroxylation sites is 1. The van der Waals surface area contributed by atoms with Crippen LogP contribution in [0.2, 0.25) is 5.02 Å². The number of halogens is 2. The van der Waals surface area contributed by atoms with Crippen molar-refractivity contribution in [2.45, 2.75) is 6.61 Å². The van der Waals surface area contributed by atoms with Crippen molar-refractivity contribution in [1.29, 1.82) is 0 Å². The molecule has 102 valence electrons. The molecule has 3 rings (SSSR count). The molecule has 0 fully saturated rings. The average molecular weight is 290 g/mol. The van der Waals surface area contributed by atoms with Crippen molar-refractivity contribution < 1.29 is 9.13 Å². The monoisotopic (exact) mass is 289 g/mol. The van der Waals surface area contributed by atoms with E-state index in [1.807, 2.05) is 36.0 Å². The number of rotatable bonds is 3. The molecule has 0 unspecified atom stereocenters. The average Bonchev–Trinajstić information content (AvgIpc) is 2.74. The van der Waals surface area contributed by atoms with Crippen molar-refractivity contribution in [2.75, 3.05) is 0 Å². The SMILES string of the molecule is Cn1cc(COc2ccccc2Cl)c2cc(F)ccc21. The van der Waals surface area contributed by atoms with Crippen LogP contribution in [0.5, 0.6) is 5.75 Å². The van der Waals surface area contributed by atoms with Crippen LogP contribution >= 0.6 is 11.6 Å². The summed E-state index contributed by atoms with van der Waals surface area (Å²) in [5.74, 6) is 0.380. The summed E-state index contributed by atoms with van der Waals surface area (Å²) in [6.07, 6.45) is 1.95. The molecule has 0 amide bonds. The van der Waals surface area contributed by atoms with Crippen molar-refractivity contribution >= 4 is 22.5 Å². The fourth-order valence-corrected chi connectivity index (χ4v) is 2.47. The predicted octanol–water partition coefficient (Wildman–Crippen LogP) is 4.55. The molecule has 0 aliphatic rings. The van der Waals surface area contributed by atoms with Crippen molar-refractivity contribution in [3.8, 4) is 5.75 Å². The highest BCUT2D eigenvalue weighted by Gasteiger charge is 2.09.